The summed E-state index contributed by atoms with van der Waals surface area (Å²) in [6, 6.07) is 6.94. The third-order valence-electron chi connectivity index (χ3n) is 2.54. The maximum atomic E-state index is 11.8. The van der Waals surface area contributed by atoms with Crippen molar-refractivity contribution in [3.05, 3.63) is 24.3 Å². The molecule has 1 rings (SSSR count). The molecule has 18 heavy (non-hydrogen) atoms. The molecule has 0 aliphatic heterocycles. The summed E-state index contributed by atoms with van der Waals surface area (Å²) in [4.78, 5) is 0.295. The van der Waals surface area contributed by atoms with Crippen molar-refractivity contribution in [2.45, 2.75) is 11.8 Å². The highest BCUT2D eigenvalue weighted by Crippen LogP contribution is 2.20. The van der Waals surface area contributed by atoms with Gasteiger partial charge in [-0.1, -0.05) is 19.1 Å². The Bertz CT molecular complexity index is 475. The van der Waals surface area contributed by atoms with Gasteiger partial charge in [0.2, 0.25) is 10.0 Å². The van der Waals surface area contributed by atoms with Crippen LogP contribution in [-0.2, 0) is 10.0 Å². The summed E-state index contributed by atoms with van der Waals surface area (Å²) >= 11 is 1.79. The molecule has 0 aliphatic carbocycles. The molecule has 2 N–H and O–H groups in total. The molecule has 0 bridgehead atoms. The third kappa shape index (κ3) is 4.19. The lowest BCUT2D eigenvalue weighted by atomic mass is 10.2. The van der Waals surface area contributed by atoms with E-state index in [2.05, 4.69) is 23.2 Å². The van der Waals surface area contributed by atoms with E-state index in [4.69, 9.17) is 0 Å². The number of sulfonamides is 1. The number of hydrogen-bond donors (Lipinski definition) is 2. The van der Waals surface area contributed by atoms with Crippen molar-refractivity contribution in [3.8, 4) is 0 Å². The summed E-state index contributed by atoms with van der Waals surface area (Å²) in [6.07, 6.45) is 2.07. The zero-order valence-corrected chi connectivity index (χ0v) is 12.6. The van der Waals surface area contributed by atoms with Crippen LogP contribution in [0.25, 0.3) is 0 Å². The summed E-state index contributed by atoms with van der Waals surface area (Å²) < 4.78 is 26.0. The molecular formula is C12H20N2O2S2. The van der Waals surface area contributed by atoms with Gasteiger partial charge < -0.3 is 5.32 Å². The smallest absolute Gasteiger partial charge is 0.242 e. The number of para-hydroxylation sites is 1. The summed E-state index contributed by atoms with van der Waals surface area (Å²) in [5, 5.41) is 3.21. The predicted octanol–water partition coefficient (Wildman–Crippen LogP) is 2.01. The van der Waals surface area contributed by atoms with E-state index in [0.717, 1.165) is 12.3 Å². The number of thioether (sulfide) groups is 1. The molecule has 1 unspecified atom stereocenters. The van der Waals surface area contributed by atoms with Crippen LogP contribution in [0.15, 0.2) is 29.2 Å². The zero-order valence-electron chi connectivity index (χ0n) is 10.9. The van der Waals surface area contributed by atoms with E-state index >= 15 is 0 Å². The minimum Gasteiger partial charge on any atom is -0.384 e. The molecule has 0 heterocycles. The van der Waals surface area contributed by atoms with Gasteiger partial charge in [0.05, 0.1) is 5.69 Å². The highest BCUT2D eigenvalue weighted by molar-refractivity contribution is 7.98. The Hall–Kier alpha value is -0.720. The average molecular weight is 288 g/mol. The van der Waals surface area contributed by atoms with Gasteiger partial charge in [0.25, 0.3) is 0 Å². The summed E-state index contributed by atoms with van der Waals surface area (Å²) in [5.74, 6) is 1.54. The van der Waals surface area contributed by atoms with E-state index in [1.165, 1.54) is 7.05 Å². The van der Waals surface area contributed by atoms with Crippen molar-refractivity contribution >= 4 is 27.5 Å². The lowest BCUT2D eigenvalue weighted by molar-refractivity contribution is 0.588. The van der Waals surface area contributed by atoms with Gasteiger partial charge in [0.15, 0.2) is 0 Å². The fourth-order valence-corrected chi connectivity index (χ4v) is 3.18. The van der Waals surface area contributed by atoms with Crippen molar-refractivity contribution in [1.29, 1.82) is 0 Å². The van der Waals surface area contributed by atoms with E-state index in [0.29, 0.717) is 16.5 Å². The van der Waals surface area contributed by atoms with Gasteiger partial charge in [-0.05, 0) is 37.1 Å². The number of rotatable bonds is 7. The molecule has 0 saturated heterocycles. The second-order valence-corrected chi connectivity index (χ2v) is 6.91. The van der Waals surface area contributed by atoms with Crippen molar-refractivity contribution in [1.82, 2.24) is 4.72 Å². The maximum Gasteiger partial charge on any atom is 0.242 e. The van der Waals surface area contributed by atoms with Gasteiger partial charge in [-0.3, -0.25) is 0 Å². The van der Waals surface area contributed by atoms with E-state index < -0.39 is 10.0 Å². The molecule has 1 atom stereocenters. The number of nitrogens with one attached hydrogen (secondary N) is 2. The van der Waals surface area contributed by atoms with E-state index in [1.54, 1.807) is 30.0 Å². The van der Waals surface area contributed by atoms with Crippen LogP contribution in [0.1, 0.15) is 6.92 Å². The van der Waals surface area contributed by atoms with Crippen LogP contribution >= 0.6 is 11.8 Å². The Labute approximate surface area is 114 Å². The molecule has 0 aromatic heterocycles. The Morgan fingerprint density at radius 3 is 2.61 bits per heavy atom. The van der Waals surface area contributed by atoms with Crippen LogP contribution in [0.3, 0.4) is 0 Å². The Balaban J connectivity index is 2.84. The topological polar surface area (TPSA) is 58.2 Å². The first kappa shape index (κ1) is 15.3. The highest BCUT2D eigenvalue weighted by Gasteiger charge is 2.15. The SMILES string of the molecule is CNS(=O)(=O)c1ccccc1NCC(C)CSC. The van der Waals surface area contributed by atoms with Crippen molar-refractivity contribution in [2.24, 2.45) is 5.92 Å². The molecule has 0 spiro atoms. The lowest BCUT2D eigenvalue weighted by Crippen LogP contribution is -2.21. The number of anilines is 1. The molecule has 0 saturated carbocycles. The summed E-state index contributed by atoms with van der Waals surface area (Å²) in [6.45, 7) is 2.90. The van der Waals surface area contributed by atoms with Gasteiger partial charge in [0, 0.05) is 6.54 Å². The fourth-order valence-electron chi connectivity index (χ4n) is 1.58. The first-order valence-electron chi connectivity index (χ1n) is 5.76. The normalized spacial score (nSPS) is 13.3. The van der Waals surface area contributed by atoms with Crippen LogP contribution in [-0.4, -0.2) is 34.0 Å². The second kappa shape index (κ2) is 7.01. The standard InChI is InChI=1S/C12H20N2O2S2/c1-10(9-17-3)8-14-11-6-4-5-7-12(11)18(15,16)13-2/h4-7,10,13-14H,8-9H2,1-3H3. The molecular weight excluding hydrogens is 268 g/mol. The quantitative estimate of drug-likeness (QED) is 0.806. The molecule has 0 fully saturated rings. The first-order chi connectivity index (χ1) is 8.51. The minimum absolute atomic E-state index is 0.295. The van der Waals surface area contributed by atoms with Gasteiger partial charge >= 0.3 is 0 Å². The van der Waals surface area contributed by atoms with Gasteiger partial charge in [-0.15, -0.1) is 0 Å². The van der Waals surface area contributed by atoms with Crippen molar-refractivity contribution in [2.75, 3.05) is 30.9 Å². The van der Waals surface area contributed by atoms with Crippen molar-refractivity contribution in [3.63, 3.8) is 0 Å². The highest BCUT2D eigenvalue weighted by atomic mass is 32.2. The Morgan fingerprint density at radius 1 is 1.33 bits per heavy atom. The second-order valence-electron chi connectivity index (χ2n) is 4.15. The van der Waals surface area contributed by atoms with Crippen LogP contribution in [0.4, 0.5) is 5.69 Å². The van der Waals surface area contributed by atoms with Gasteiger partial charge in [0.1, 0.15) is 4.90 Å². The number of benzene rings is 1. The van der Waals surface area contributed by atoms with E-state index in [1.807, 2.05) is 6.07 Å². The largest absolute Gasteiger partial charge is 0.384 e. The summed E-state index contributed by atoms with van der Waals surface area (Å²) in [5.41, 5.74) is 0.653. The fraction of sp³-hybridized carbons (Fsp3) is 0.500. The monoisotopic (exact) mass is 288 g/mol. The molecule has 102 valence electrons. The predicted molar refractivity (Wildman–Crippen MR) is 78.7 cm³/mol. The Morgan fingerprint density at radius 2 is 2.00 bits per heavy atom. The molecule has 0 aliphatic rings. The molecule has 6 heteroatoms. The first-order valence-corrected chi connectivity index (χ1v) is 8.64. The lowest BCUT2D eigenvalue weighted by Gasteiger charge is -2.15. The molecule has 1 aromatic rings. The van der Waals surface area contributed by atoms with Crippen LogP contribution < -0.4 is 10.0 Å². The van der Waals surface area contributed by atoms with Crippen molar-refractivity contribution < 1.29 is 8.42 Å². The summed E-state index contributed by atoms with van der Waals surface area (Å²) in [7, 11) is -1.99. The molecule has 0 amide bonds. The average Bonchev–Trinajstić information content (AvgIpc) is 2.37. The van der Waals surface area contributed by atoms with Gasteiger partial charge in [-0.2, -0.15) is 11.8 Å². The molecule has 1 aromatic carbocycles. The van der Waals surface area contributed by atoms with E-state index in [-0.39, 0.29) is 0 Å². The van der Waals surface area contributed by atoms with Crippen LogP contribution in [0, 0.1) is 5.92 Å². The minimum atomic E-state index is -3.41. The van der Waals surface area contributed by atoms with E-state index in [9.17, 15) is 8.42 Å². The van der Waals surface area contributed by atoms with Crippen LogP contribution in [0.5, 0.6) is 0 Å². The van der Waals surface area contributed by atoms with Gasteiger partial charge in [-0.25, -0.2) is 13.1 Å². The molecule has 0 radical (unpaired) electrons. The zero-order chi connectivity index (χ0) is 13.6. The van der Waals surface area contributed by atoms with Crippen LogP contribution in [0.2, 0.25) is 0 Å². The molecule has 4 nitrogen and oxygen atoms in total. The maximum absolute atomic E-state index is 11.8. The Kier molecular flexibility index (Phi) is 5.98. The number of hydrogen-bond acceptors (Lipinski definition) is 4. The third-order valence-corrected chi connectivity index (χ3v) is 4.91.